The lowest BCUT2D eigenvalue weighted by molar-refractivity contribution is -0.131. The predicted molar refractivity (Wildman–Crippen MR) is 73.8 cm³/mol. The summed E-state index contributed by atoms with van der Waals surface area (Å²) in [6.07, 6.45) is 6.03. The van der Waals surface area contributed by atoms with Gasteiger partial charge in [0.05, 0.1) is 5.25 Å². The fourth-order valence-corrected chi connectivity index (χ4v) is 3.32. The van der Waals surface area contributed by atoms with E-state index in [1.807, 2.05) is 18.9 Å². The zero-order chi connectivity index (χ0) is 13.8. The molecule has 1 saturated carbocycles. The molecule has 0 spiro atoms. The van der Waals surface area contributed by atoms with Gasteiger partial charge in [0.15, 0.2) is 0 Å². The Labute approximate surface area is 117 Å². The molecule has 6 nitrogen and oxygen atoms in total. The van der Waals surface area contributed by atoms with Crippen molar-refractivity contribution in [1.29, 1.82) is 0 Å². The highest BCUT2D eigenvalue weighted by Crippen LogP contribution is 2.25. The van der Waals surface area contributed by atoms with Crippen molar-refractivity contribution in [1.82, 2.24) is 25.1 Å². The van der Waals surface area contributed by atoms with E-state index in [1.54, 1.807) is 11.7 Å². The Morgan fingerprint density at radius 3 is 2.68 bits per heavy atom. The summed E-state index contributed by atoms with van der Waals surface area (Å²) in [5.41, 5.74) is 0. The lowest BCUT2D eigenvalue weighted by Crippen LogP contribution is -2.42. The minimum absolute atomic E-state index is 0.156. The third kappa shape index (κ3) is 3.46. The minimum Gasteiger partial charge on any atom is -0.342 e. The first-order chi connectivity index (χ1) is 9.09. The molecule has 0 bridgehead atoms. The van der Waals surface area contributed by atoms with Crippen molar-refractivity contribution in [3.05, 3.63) is 0 Å². The van der Waals surface area contributed by atoms with Gasteiger partial charge in [-0.1, -0.05) is 31.0 Å². The molecule has 2 rings (SSSR count). The largest absolute Gasteiger partial charge is 0.342 e. The highest BCUT2D eigenvalue weighted by molar-refractivity contribution is 8.00. The second-order valence-electron chi connectivity index (χ2n) is 5.09. The summed E-state index contributed by atoms with van der Waals surface area (Å²) in [4.78, 5) is 14.3. The number of aryl methyl sites for hydroxylation is 1. The van der Waals surface area contributed by atoms with Crippen LogP contribution in [0.1, 0.15) is 39.0 Å². The zero-order valence-corrected chi connectivity index (χ0v) is 12.6. The van der Waals surface area contributed by atoms with Crippen molar-refractivity contribution in [2.75, 3.05) is 7.05 Å². The number of carbonyl (C=O) groups excluding carboxylic acids is 1. The van der Waals surface area contributed by atoms with E-state index in [-0.39, 0.29) is 11.2 Å². The molecule has 1 aliphatic carbocycles. The van der Waals surface area contributed by atoms with Crippen molar-refractivity contribution >= 4 is 17.7 Å². The van der Waals surface area contributed by atoms with Gasteiger partial charge < -0.3 is 4.90 Å². The van der Waals surface area contributed by atoms with Crippen LogP contribution in [-0.4, -0.2) is 49.4 Å². The van der Waals surface area contributed by atoms with Gasteiger partial charge in [-0.3, -0.25) is 4.79 Å². The third-order valence-corrected chi connectivity index (χ3v) is 4.79. The van der Waals surface area contributed by atoms with Gasteiger partial charge in [-0.15, -0.1) is 5.10 Å². The molecule has 0 N–H and O–H groups in total. The van der Waals surface area contributed by atoms with Crippen molar-refractivity contribution in [3.63, 3.8) is 0 Å². The van der Waals surface area contributed by atoms with E-state index in [1.165, 1.54) is 31.0 Å². The molecular formula is C12H21N5OS. The van der Waals surface area contributed by atoms with Crippen LogP contribution in [0, 0.1) is 0 Å². The van der Waals surface area contributed by atoms with Crippen LogP contribution in [0.25, 0.3) is 0 Å². The van der Waals surface area contributed by atoms with Crippen molar-refractivity contribution < 1.29 is 4.79 Å². The van der Waals surface area contributed by atoms with Gasteiger partial charge in [-0.05, 0) is 30.2 Å². The smallest absolute Gasteiger partial charge is 0.235 e. The number of carbonyl (C=O) groups is 1. The fraction of sp³-hybridized carbons (Fsp3) is 0.833. The van der Waals surface area contributed by atoms with Crippen molar-refractivity contribution in [3.8, 4) is 0 Å². The fourth-order valence-electron chi connectivity index (χ4n) is 2.46. The Morgan fingerprint density at radius 2 is 2.11 bits per heavy atom. The van der Waals surface area contributed by atoms with Gasteiger partial charge in [0.1, 0.15) is 0 Å². The first-order valence-corrected chi connectivity index (χ1v) is 7.63. The van der Waals surface area contributed by atoms with E-state index in [2.05, 4.69) is 15.5 Å². The SMILES string of the molecule is C[C@H](Sc1nnnn1C)C(=O)N(C)C1CCCCC1. The highest BCUT2D eigenvalue weighted by Gasteiger charge is 2.27. The normalized spacial score (nSPS) is 18.3. The number of amides is 1. The van der Waals surface area contributed by atoms with Crippen molar-refractivity contribution in [2.45, 2.75) is 55.5 Å². The number of nitrogens with zero attached hydrogens (tertiary/aromatic N) is 5. The molecule has 0 saturated heterocycles. The molecule has 1 heterocycles. The molecular weight excluding hydrogens is 262 g/mol. The van der Waals surface area contributed by atoms with Crippen LogP contribution < -0.4 is 0 Å². The van der Waals surface area contributed by atoms with Crippen molar-refractivity contribution in [2.24, 2.45) is 7.05 Å². The van der Waals surface area contributed by atoms with Gasteiger partial charge in [-0.2, -0.15) is 0 Å². The summed E-state index contributed by atoms with van der Waals surface area (Å²) in [7, 11) is 3.70. The number of thioether (sulfide) groups is 1. The average Bonchev–Trinajstić information content (AvgIpc) is 2.83. The van der Waals surface area contributed by atoms with Gasteiger partial charge >= 0.3 is 0 Å². The van der Waals surface area contributed by atoms with Gasteiger partial charge in [0.2, 0.25) is 11.1 Å². The summed E-state index contributed by atoms with van der Waals surface area (Å²) in [5, 5.41) is 11.8. The van der Waals surface area contributed by atoms with E-state index >= 15 is 0 Å². The van der Waals surface area contributed by atoms with Crippen LogP contribution in [-0.2, 0) is 11.8 Å². The zero-order valence-electron chi connectivity index (χ0n) is 11.7. The van der Waals surface area contributed by atoms with E-state index in [0.29, 0.717) is 11.2 Å². The summed E-state index contributed by atoms with van der Waals surface area (Å²) in [5.74, 6) is 0.167. The van der Waals surface area contributed by atoms with Crippen LogP contribution in [0.4, 0.5) is 0 Å². The lowest BCUT2D eigenvalue weighted by Gasteiger charge is -2.32. The number of tetrazole rings is 1. The molecule has 106 valence electrons. The number of aromatic nitrogens is 4. The quantitative estimate of drug-likeness (QED) is 0.783. The molecule has 0 aromatic carbocycles. The minimum atomic E-state index is -0.156. The van der Waals surface area contributed by atoms with Crippen LogP contribution in [0.3, 0.4) is 0 Å². The maximum Gasteiger partial charge on any atom is 0.235 e. The Morgan fingerprint density at radius 1 is 1.42 bits per heavy atom. The molecule has 1 amide bonds. The number of rotatable bonds is 4. The van der Waals surface area contributed by atoms with Crippen LogP contribution in [0.5, 0.6) is 0 Å². The van der Waals surface area contributed by atoms with Crippen LogP contribution in [0.15, 0.2) is 5.16 Å². The Bertz CT molecular complexity index is 430. The topological polar surface area (TPSA) is 63.9 Å². The van der Waals surface area contributed by atoms with Gasteiger partial charge in [-0.25, -0.2) is 4.68 Å². The summed E-state index contributed by atoms with van der Waals surface area (Å²) < 4.78 is 1.59. The number of hydrogen-bond acceptors (Lipinski definition) is 5. The second-order valence-corrected chi connectivity index (χ2v) is 6.39. The Kier molecular flexibility index (Phi) is 4.79. The Hall–Kier alpha value is -1.11. The number of hydrogen-bond donors (Lipinski definition) is 0. The molecule has 1 fully saturated rings. The van der Waals surface area contributed by atoms with E-state index in [9.17, 15) is 4.79 Å². The average molecular weight is 283 g/mol. The molecule has 0 unspecified atom stereocenters. The van der Waals surface area contributed by atoms with Crippen LogP contribution >= 0.6 is 11.8 Å². The standard InChI is InChI=1S/C12H21N5OS/c1-9(19-12-13-14-15-17(12)3)11(18)16(2)10-7-5-4-6-8-10/h9-10H,4-8H2,1-3H3/t9-/m0/s1. The van der Waals surface area contributed by atoms with Gasteiger partial charge in [0.25, 0.3) is 0 Å². The third-order valence-electron chi connectivity index (χ3n) is 3.68. The van der Waals surface area contributed by atoms with E-state index in [0.717, 1.165) is 12.8 Å². The molecule has 0 aliphatic heterocycles. The van der Waals surface area contributed by atoms with Crippen LogP contribution in [0.2, 0.25) is 0 Å². The molecule has 1 aromatic heterocycles. The van der Waals surface area contributed by atoms with E-state index in [4.69, 9.17) is 0 Å². The highest BCUT2D eigenvalue weighted by atomic mass is 32.2. The molecule has 1 aromatic rings. The predicted octanol–water partition coefficient (Wildman–Crippen LogP) is 1.48. The summed E-state index contributed by atoms with van der Waals surface area (Å²) in [6, 6.07) is 0.405. The molecule has 1 aliphatic rings. The monoisotopic (exact) mass is 283 g/mol. The molecule has 0 radical (unpaired) electrons. The maximum absolute atomic E-state index is 12.4. The van der Waals surface area contributed by atoms with Gasteiger partial charge in [0, 0.05) is 20.1 Å². The lowest BCUT2D eigenvalue weighted by atomic mass is 9.94. The first-order valence-electron chi connectivity index (χ1n) is 6.75. The van der Waals surface area contributed by atoms with E-state index < -0.39 is 0 Å². The molecule has 19 heavy (non-hydrogen) atoms. The first kappa shape index (κ1) is 14.3. The summed E-state index contributed by atoms with van der Waals surface area (Å²) >= 11 is 1.41. The molecule has 7 heteroatoms. The second kappa shape index (κ2) is 6.36. The summed E-state index contributed by atoms with van der Waals surface area (Å²) in [6.45, 7) is 1.92. The maximum atomic E-state index is 12.4. The Balaban J connectivity index is 1.92. The molecule has 1 atom stereocenters.